The molecule has 2 rings (SSSR count). The summed E-state index contributed by atoms with van der Waals surface area (Å²) >= 11 is 0. The van der Waals surface area contributed by atoms with Crippen LogP contribution in [0.15, 0.2) is 24.3 Å². The first-order valence-electron chi connectivity index (χ1n) is 7.12. The number of hydrazine groups is 1. The third-order valence-corrected chi connectivity index (χ3v) is 3.59. The van der Waals surface area contributed by atoms with E-state index in [2.05, 4.69) is 30.7 Å². The molecule has 1 aromatic carbocycles. The third-order valence-electron chi connectivity index (χ3n) is 3.59. The molecule has 20 heavy (non-hydrogen) atoms. The van der Waals surface area contributed by atoms with Crippen LogP contribution in [0.1, 0.15) is 44.6 Å². The van der Waals surface area contributed by atoms with Crippen molar-refractivity contribution >= 4 is 17.6 Å². The van der Waals surface area contributed by atoms with Crippen LogP contribution in [0.2, 0.25) is 0 Å². The highest BCUT2D eigenvalue weighted by Crippen LogP contribution is 2.32. The van der Waals surface area contributed by atoms with Crippen LogP contribution in [-0.4, -0.2) is 18.5 Å². The lowest BCUT2D eigenvalue weighted by Crippen LogP contribution is -2.59. The molecule has 1 atom stereocenters. The van der Waals surface area contributed by atoms with Gasteiger partial charge in [-0.15, -0.1) is 0 Å². The van der Waals surface area contributed by atoms with Gasteiger partial charge >= 0.3 is 6.03 Å². The number of hydrogen-bond acceptors (Lipinski definition) is 3. The summed E-state index contributed by atoms with van der Waals surface area (Å²) in [6.07, 6.45) is 3.25. The number of nitrogens with zero attached hydrogens (tertiary/aromatic N) is 1. The Labute approximate surface area is 119 Å². The van der Waals surface area contributed by atoms with E-state index >= 15 is 0 Å². The molecule has 0 aliphatic carbocycles. The monoisotopic (exact) mass is 275 g/mol. The van der Waals surface area contributed by atoms with E-state index in [9.17, 15) is 9.59 Å². The zero-order valence-corrected chi connectivity index (χ0v) is 12.0. The molecule has 1 aromatic rings. The van der Waals surface area contributed by atoms with E-state index in [1.54, 1.807) is 5.01 Å². The molecule has 1 heterocycles. The number of benzene rings is 1. The van der Waals surface area contributed by atoms with Gasteiger partial charge in [-0.3, -0.25) is 15.1 Å². The average Bonchev–Trinajstić information content (AvgIpc) is 2.44. The minimum atomic E-state index is -0.473. The largest absolute Gasteiger partial charge is 0.340 e. The van der Waals surface area contributed by atoms with Gasteiger partial charge in [0.05, 0.1) is 5.69 Å². The molecule has 3 amide bonds. The van der Waals surface area contributed by atoms with Gasteiger partial charge in [0.15, 0.2) is 0 Å². The number of carbonyl (C=O) groups is 2. The Bertz CT molecular complexity index is 486. The summed E-state index contributed by atoms with van der Waals surface area (Å²) in [5, 5.41) is 3.87. The van der Waals surface area contributed by atoms with Gasteiger partial charge in [0.1, 0.15) is 6.54 Å². The van der Waals surface area contributed by atoms with Gasteiger partial charge in [-0.1, -0.05) is 38.5 Å². The number of urea groups is 1. The van der Waals surface area contributed by atoms with Crippen molar-refractivity contribution in [1.29, 1.82) is 0 Å². The van der Waals surface area contributed by atoms with Crippen molar-refractivity contribution in [3.8, 4) is 0 Å². The predicted molar refractivity (Wildman–Crippen MR) is 78.4 cm³/mol. The minimum Gasteiger partial charge on any atom is -0.275 e. The smallest absolute Gasteiger partial charge is 0.275 e. The average molecular weight is 275 g/mol. The van der Waals surface area contributed by atoms with E-state index in [4.69, 9.17) is 0 Å². The number of nitrogens with one attached hydrogen (secondary N) is 2. The standard InChI is InChI=1S/C15H21N3O2/c1-3-7-11(4-2)12-8-5-6-9-13(12)18-10-14(19)16-15(20)17-18/h5-6,8-9,11H,3-4,7,10H2,1-2H3,(H2,16,17,19,20). The second kappa shape index (κ2) is 6.41. The van der Waals surface area contributed by atoms with Crippen LogP contribution in [0.3, 0.4) is 0 Å². The summed E-state index contributed by atoms with van der Waals surface area (Å²) in [6.45, 7) is 4.48. The van der Waals surface area contributed by atoms with E-state index in [0.29, 0.717) is 5.92 Å². The Morgan fingerprint density at radius 1 is 1.25 bits per heavy atom. The molecule has 0 radical (unpaired) electrons. The molecule has 1 aliphatic rings. The van der Waals surface area contributed by atoms with Gasteiger partial charge in [0.25, 0.3) is 0 Å². The third kappa shape index (κ3) is 3.10. The number of para-hydroxylation sites is 1. The molecule has 2 N–H and O–H groups in total. The van der Waals surface area contributed by atoms with Crippen LogP contribution < -0.4 is 15.8 Å². The van der Waals surface area contributed by atoms with E-state index in [1.165, 1.54) is 5.56 Å². The summed E-state index contributed by atoms with van der Waals surface area (Å²) in [4.78, 5) is 23.0. The van der Waals surface area contributed by atoms with Gasteiger partial charge in [-0.05, 0) is 30.4 Å². The zero-order valence-electron chi connectivity index (χ0n) is 12.0. The summed E-state index contributed by atoms with van der Waals surface area (Å²) < 4.78 is 0. The molecule has 1 fully saturated rings. The number of anilines is 1. The first-order valence-corrected chi connectivity index (χ1v) is 7.12. The number of amides is 3. The predicted octanol–water partition coefficient (Wildman–Crippen LogP) is 2.54. The molecule has 0 bridgehead atoms. The molecule has 5 heteroatoms. The quantitative estimate of drug-likeness (QED) is 0.868. The summed E-state index contributed by atoms with van der Waals surface area (Å²) in [7, 11) is 0. The first-order chi connectivity index (χ1) is 9.65. The van der Waals surface area contributed by atoms with E-state index in [1.807, 2.05) is 18.2 Å². The lowest BCUT2D eigenvalue weighted by Gasteiger charge is -2.31. The van der Waals surface area contributed by atoms with Crippen molar-refractivity contribution < 1.29 is 9.59 Å². The molecule has 1 saturated heterocycles. The van der Waals surface area contributed by atoms with Crippen molar-refractivity contribution in [3.63, 3.8) is 0 Å². The van der Waals surface area contributed by atoms with E-state index in [-0.39, 0.29) is 12.5 Å². The van der Waals surface area contributed by atoms with Crippen molar-refractivity contribution in [2.75, 3.05) is 11.6 Å². The molecule has 5 nitrogen and oxygen atoms in total. The van der Waals surface area contributed by atoms with Crippen molar-refractivity contribution in [2.45, 2.75) is 39.0 Å². The van der Waals surface area contributed by atoms with Crippen molar-refractivity contribution in [3.05, 3.63) is 29.8 Å². The Morgan fingerprint density at radius 3 is 2.65 bits per heavy atom. The molecular weight excluding hydrogens is 254 g/mol. The maximum atomic E-state index is 11.5. The second-order valence-corrected chi connectivity index (χ2v) is 5.03. The Hall–Kier alpha value is -2.04. The Balaban J connectivity index is 2.31. The van der Waals surface area contributed by atoms with Crippen molar-refractivity contribution in [2.24, 2.45) is 0 Å². The highest BCUT2D eigenvalue weighted by atomic mass is 16.2. The van der Waals surface area contributed by atoms with Crippen LogP contribution in [0.25, 0.3) is 0 Å². The Morgan fingerprint density at radius 2 is 2.00 bits per heavy atom. The topological polar surface area (TPSA) is 61.4 Å². The molecular formula is C15H21N3O2. The fourth-order valence-electron chi connectivity index (χ4n) is 2.65. The van der Waals surface area contributed by atoms with Crippen LogP contribution >= 0.6 is 0 Å². The Kier molecular flexibility index (Phi) is 4.61. The van der Waals surface area contributed by atoms with Gasteiger partial charge in [0, 0.05) is 0 Å². The van der Waals surface area contributed by atoms with E-state index < -0.39 is 6.03 Å². The molecule has 0 aromatic heterocycles. The maximum Gasteiger partial charge on any atom is 0.340 e. The van der Waals surface area contributed by atoms with E-state index in [0.717, 1.165) is 24.9 Å². The SMILES string of the molecule is CCCC(CC)c1ccccc1N1CC(=O)NC(=O)N1. The number of hydrogen-bond donors (Lipinski definition) is 2. The first kappa shape index (κ1) is 14.4. The second-order valence-electron chi connectivity index (χ2n) is 5.03. The normalized spacial score (nSPS) is 16.6. The maximum absolute atomic E-state index is 11.5. The van der Waals surface area contributed by atoms with Crippen LogP contribution in [0.5, 0.6) is 0 Å². The fraction of sp³-hybridized carbons (Fsp3) is 0.467. The van der Waals surface area contributed by atoms with Crippen molar-refractivity contribution in [1.82, 2.24) is 10.7 Å². The summed E-state index contributed by atoms with van der Waals surface area (Å²) in [6, 6.07) is 7.49. The molecule has 1 aliphatic heterocycles. The summed E-state index contributed by atoms with van der Waals surface area (Å²) in [5.74, 6) is 0.158. The highest BCUT2D eigenvalue weighted by Gasteiger charge is 2.25. The molecule has 0 spiro atoms. The lowest BCUT2D eigenvalue weighted by molar-refractivity contribution is -0.119. The lowest BCUT2D eigenvalue weighted by atomic mass is 9.90. The van der Waals surface area contributed by atoms with Gasteiger partial charge < -0.3 is 0 Å². The minimum absolute atomic E-state index is 0.144. The van der Waals surface area contributed by atoms with Crippen LogP contribution in [-0.2, 0) is 4.79 Å². The number of carbonyl (C=O) groups excluding carboxylic acids is 2. The van der Waals surface area contributed by atoms with Crippen LogP contribution in [0, 0.1) is 0 Å². The highest BCUT2D eigenvalue weighted by molar-refractivity contribution is 6.00. The van der Waals surface area contributed by atoms with Gasteiger partial charge in [-0.25, -0.2) is 10.2 Å². The summed E-state index contributed by atoms with van der Waals surface area (Å²) in [5.41, 5.74) is 4.79. The van der Waals surface area contributed by atoms with Gasteiger partial charge in [-0.2, -0.15) is 0 Å². The zero-order chi connectivity index (χ0) is 14.5. The fourth-order valence-corrected chi connectivity index (χ4v) is 2.65. The van der Waals surface area contributed by atoms with Crippen LogP contribution in [0.4, 0.5) is 10.5 Å². The van der Waals surface area contributed by atoms with Gasteiger partial charge in [0.2, 0.25) is 5.91 Å². The molecule has 108 valence electrons. The number of rotatable bonds is 5. The molecule has 1 unspecified atom stereocenters. The molecule has 0 saturated carbocycles. The number of imide groups is 1.